The summed E-state index contributed by atoms with van der Waals surface area (Å²) in [6.07, 6.45) is 2.52. The van der Waals surface area contributed by atoms with Gasteiger partial charge in [0.2, 0.25) is 0 Å². The number of ether oxygens (including phenoxy) is 2. The van der Waals surface area contributed by atoms with Crippen LogP contribution in [-0.2, 0) is 17.8 Å². The second-order valence-corrected chi connectivity index (χ2v) is 8.32. The number of carbonyl (C=O) groups excluding carboxylic acids is 1. The van der Waals surface area contributed by atoms with Gasteiger partial charge in [-0.15, -0.1) is 0 Å². The summed E-state index contributed by atoms with van der Waals surface area (Å²) in [4.78, 5) is 17.0. The van der Waals surface area contributed by atoms with Crippen molar-refractivity contribution in [2.24, 2.45) is 0 Å². The Balaban J connectivity index is 1.26. The van der Waals surface area contributed by atoms with Gasteiger partial charge in [-0.25, -0.2) is 4.98 Å². The summed E-state index contributed by atoms with van der Waals surface area (Å²) >= 11 is 5.92. The lowest BCUT2D eigenvalue weighted by molar-refractivity contribution is -0.123. The van der Waals surface area contributed by atoms with Crippen molar-refractivity contribution in [3.63, 3.8) is 0 Å². The predicted octanol–water partition coefficient (Wildman–Crippen LogP) is 5.29. The van der Waals surface area contributed by atoms with Crippen molar-refractivity contribution in [1.82, 2.24) is 14.9 Å². The molecule has 0 aliphatic heterocycles. The summed E-state index contributed by atoms with van der Waals surface area (Å²) < 4.78 is 13.5. The second kappa shape index (κ2) is 12.1. The maximum atomic E-state index is 12.2. The van der Waals surface area contributed by atoms with Crippen LogP contribution in [0.5, 0.6) is 11.5 Å². The van der Waals surface area contributed by atoms with E-state index >= 15 is 0 Å². The average molecular weight is 478 g/mol. The SMILES string of the molecule is O=C(COc1ccccc1)NCCc1nc2ccccc2n1CCCCOc1ccc(Cl)cc1. The van der Waals surface area contributed by atoms with Crippen LogP contribution in [0.4, 0.5) is 0 Å². The molecule has 0 saturated carbocycles. The molecule has 7 heteroatoms. The van der Waals surface area contributed by atoms with Crippen LogP contribution in [0.1, 0.15) is 18.7 Å². The molecular formula is C27H28ClN3O3. The van der Waals surface area contributed by atoms with Gasteiger partial charge in [0.1, 0.15) is 17.3 Å². The fourth-order valence-corrected chi connectivity index (χ4v) is 3.81. The maximum absolute atomic E-state index is 12.2. The number of imidazole rings is 1. The van der Waals surface area contributed by atoms with E-state index < -0.39 is 0 Å². The first-order valence-electron chi connectivity index (χ1n) is 11.5. The third-order valence-corrected chi connectivity index (χ3v) is 5.63. The Hall–Kier alpha value is -3.51. The molecule has 1 heterocycles. The zero-order valence-corrected chi connectivity index (χ0v) is 19.7. The molecule has 0 aliphatic carbocycles. The number of hydrogen-bond donors (Lipinski definition) is 1. The topological polar surface area (TPSA) is 65.4 Å². The molecule has 176 valence electrons. The third-order valence-electron chi connectivity index (χ3n) is 5.38. The maximum Gasteiger partial charge on any atom is 0.257 e. The van der Waals surface area contributed by atoms with Gasteiger partial charge < -0.3 is 19.4 Å². The van der Waals surface area contributed by atoms with Gasteiger partial charge in [-0.2, -0.15) is 0 Å². The minimum atomic E-state index is -0.147. The van der Waals surface area contributed by atoms with E-state index in [9.17, 15) is 4.79 Å². The molecule has 1 aromatic heterocycles. The number of nitrogens with zero attached hydrogens (tertiary/aromatic N) is 2. The van der Waals surface area contributed by atoms with Crippen LogP contribution in [0.3, 0.4) is 0 Å². The third kappa shape index (κ3) is 6.75. The highest BCUT2D eigenvalue weighted by Gasteiger charge is 2.11. The van der Waals surface area contributed by atoms with E-state index in [4.69, 9.17) is 26.1 Å². The second-order valence-electron chi connectivity index (χ2n) is 7.88. The van der Waals surface area contributed by atoms with Crippen molar-refractivity contribution in [1.29, 1.82) is 0 Å². The Morgan fingerprint density at radius 2 is 1.62 bits per heavy atom. The minimum Gasteiger partial charge on any atom is -0.494 e. The molecule has 0 unspecified atom stereocenters. The minimum absolute atomic E-state index is 0.00590. The Labute approximate surface area is 204 Å². The van der Waals surface area contributed by atoms with Crippen molar-refractivity contribution < 1.29 is 14.3 Å². The van der Waals surface area contributed by atoms with Gasteiger partial charge in [0.15, 0.2) is 6.61 Å². The molecule has 1 amide bonds. The average Bonchev–Trinajstić information content (AvgIpc) is 3.21. The molecule has 0 radical (unpaired) electrons. The summed E-state index contributed by atoms with van der Waals surface area (Å²) in [7, 11) is 0. The number of benzene rings is 3. The van der Waals surface area contributed by atoms with Crippen LogP contribution in [0.2, 0.25) is 5.02 Å². The van der Waals surface area contributed by atoms with Gasteiger partial charge in [0.05, 0.1) is 17.6 Å². The summed E-state index contributed by atoms with van der Waals surface area (Å²) in [5.74, 6) is 2.32. The first-order valence-corrected chi connectivity index (χ1v) is 11.8. The normalized spacial score (nSPS) is 10.9. The first kappa shape index (κ1) is 23.6. The van der Waals surface area contributed by atoms with Gasteiger partial charge in [-0.3, -0.25) is 4.79 Å². The van der Waals surface area contributed by atoms with Gasteiger partial charge in [0, 0.05) is 24.5 Å². The largest absolute Gasteiger partial charge is 0.494 e. The first-order chi connectivity index (χ1) is 16.7. The zero-order chi connectivity index (χ0) is 23.6. The monoisotopic (exact) mass is 477 g/mol. The number of aromatic nitrogens is 2. The molecule has 0 aliphatic rings. The van der Waals surface area contributed by atoms with Gasteiger partial charge in [0.25, 0.3) is 5.91 Å². The molecule has 1 N–H and O–H groups in total. The highest BCUT2D eigenvalue weighted by Crippen LogP contribution is 2.18. The molecule has 3 aromatic carbocycles. The molecule has 4 rings (SSSR count). The van der Waals surface area contributed by atoms with Gasteiger partial charge in [-0.1, -0.05) is 41.9 Å². The summed E-state index contributed by atoms with van der Waals surface area (Å²) in [6.45, 7) is 1.97. The van der Waals surface area contributed by atoms with Crippen LogP contribution in [-0.4, -0.2) is 35.2 Å². The van der Waals surface area contributed by atoms with Crippen molar-refractivity contribution in [2.45, 2.75) is 25.8 Å². The van der Waals surface area contributed by atoms with E-state index in [2.05, 4.69) is 16.0 Å². The van der Waals surface area contributed by atoms with E-state index in [0.29, 0.717) is 30.3 Å². The molecule has 0 atom stereocenters. The van der Waals surface area contributed by atoms with E-state index in [1.807, 2.05) is 72.8 Å². The summed E-state index contributed by atoms with van der Waals surface area (Å²) in [6, 6.07) is 24.9. The van der Waals surface area contributed by atoms with Crippen LogP contribution in [0.25, 0.3) is 11.0 Å². The fraction of sp³-hybridized carbons (Fsp3) is 0.259. The lowest BCUT2D eigenvalue weighted by Gasteiger charge is -2.11. The molecule has 34 heavy (non-hydrogen) atoms. The lowest BCUT2D eigenvalue weighted by Crippen LogP contribution is -2.31. The van der Waals surface area contributed by atoms with Gasteiger partial charge in [-0.05, 0) is 61.4 Å². The van der Waals surface area contributed by atoms with E-state index in [-0.39, 0.29) is 12.5 Å². The van der Waals surface area contributed by atoms with Crippen molar-refractivity contribution >= 4 is 28.5 Å². The Morgan fingerprint density at radius 3 is 2.44 bits per heavy atom. The number of hydrogen-bond acceptors (Lipinski definition) is 4. The number of nitrogens with one attached hydrogen (secondary N) is 1. The number of rotatable bonds is 12. The summed E-state index contributed by atoms with van der Waals surface area (Å²) in [5.41, 5.74) is 2.07. The molecule has 6 nitrogen and oxygen atoms in total. The standard InChI is InChI=1S/C27H28ClN3O3/c28-21-12-14-23(15-13-21)33-19-7-6-18-31-25-11-5-4-10-24(25)30-26(31)16-17-29-27(32)20-34-22-8-2-1-3-9-22/h1-5,8-15H,6-7,16-20H2,(H,29,32). The van der Waals surface area contributed by atoms with Gasteiger partial charge >= 0.3 is 0 Å². The highest BCUT2D eigenvalue weighted by atomic mass is 35.5. The quantitative estimate of drug-likeness (QED) is 0.282. The molecule has 4 aromatic rings. The number of carbonyl (C=O) groups is 1. The Kier molecular flexibility index (Phi) is 8.41. The molecule has 0 bridgehead atoms. The molecular weight excluding hydrogens is 450 g/mol. The van der Waals surface area contributed by atoms with Crippen LogP contribution >= 0.6 is 11.6 Å². The highest BCUT2D eigenvalue weighted by molar-refractivity contribution is 6.30. The number of para-hydroxylation sites is 3. The lowest BCUT2D eigenvalue weighted by atomic mass is 10.3. The Morgan fingerprint density at radius 1 is 0.882 bits per heavy atom. The van der Waals surface area contributed by atoms with E-state index in [1.54, 1.807) is 0 Å². The van der Waals surface area contributed by atoms with E-state index in [1.165, 1.54) is 0 Å². The number of amides is 1. The molecule has 0 fully saturated rings. The van der Waals surface area contributed by atoms with E-state index in [0.717, 1.165) is 42.0 Å². The summed E-state index contributed by atoms with van der Waals surface area (Å²) in [5, 5.41) is 3.63. The van der Waals surface area contributed by atoms with Crippen LogP contribution < -0.4 is 14.8 Å². The molecule has 0 saturated heterocycles. The van der Waals surface area contributed by atoms with Crippen LogP contribution in [0, 0.1) is 0 Å². The predicted molar refractivity (Wildman–Crippen MR) is 135 cm³/mol. The number of aryl methyl sites for hydroxylation is 1. The smallest absolute Gasteiger partial charge is 0.257 e. The Bertz CT molecular complexity index is 1190. The number of fused-ring (bicyclic) bond motifs is 1. The number of unbranched alkanes of at least 4 members (excludes halogenated alkanes) is 1. The molecule has 0 spiro atoms. The number of halogens is 1. The zero-order valence-electron chi connectivity index (χ0n) is 19.0. The van der Waals surface area contributed by atoms with Crippen molar-refractivity contribution in [3.8, 4) is 11.5 Å². The van der Waals surface area contributed by atoms with Crippen LogP contribution in [0.15, 0.2) is 78.9 Å². The fourth-order valence-electron chi connectivity index (χ4n) is 3.69. The van der Waals surface area contributed by atoms with Crippen molar-refractivity contribution in [3.05, 3.63) is 89.7 Å². The van der Waals surface area contributed by atoms with Crippen molar-refractivity contribution in [2.75, 3.05) is 19.8 Å².